The lowest BCUT2D eigenvalue weighted by atomic mass is 10.2. The quantitative estimate of drug-likeness (QED) is 0.765. The fraction of sp³-hybridized carbons (Fsp3) is 1.00. The minimum atomic E-state index is -0.747. The zero-order valence-corrected chi connectivity index (χ0v) is 9.47. The van der Waals surface area contributed by atoms with E-state index >= 15 is 0 Å². The van der Waals surface area contributed by atoms with E-state index in [2.05, 4.69) is 4.31 Å². The smallest absolute Gasteiger partial charge is 0.0977 e. The highest BCUT2D eigenvalue weighted by molar-refractivity contribution is 7.83. The molecule has 0 bridgehead atoms. The van der Waals surface area contributed by atoms with Gasteiger partial charge in [0.2, 0.25) is 0 Å². The van der Waals surface area contributed by atoms with Gasteiger partial charge in [-0.15, -0.1) is 0 Å². The maximum atomic E-state index is 12.2. The summed E-state index contributed by atoms with van der Waals surface area (Å²) in [4.78, 5) is 0. The zero-order valence-electron chi connectivity index (χ0n) is 8.65. The van der Waals surface area contributed by atoms with Crippen LogP contribution in [0.2, 0.25) is 0 Å². The molecule has 2 N–H and O–H groups in total. The Morgan fingerprint density at radius 1 is 1.21 bits per heavy atom. The summed E-state index contributed by atoms with van der Waals surface area (Å²) in [6.45, 7) is 1.66. The molecule has 0 amide bonds. The van der Waals surface area contributed by atoms with Crippen LogP contribution in [0.15, 0.2) is 0 Å². The van der Waals surface area contributed by atoms with Crippen LogP contribution in [0.1, 0.15) is 38.5 Å². The standard InChI is InChI=1S/C10H20N2OS/c11-8-9-4-3-7-12(9)14(13)10-5-1-2-6-10/h9-10H,1-8,11H2. The van der Waals surface area contributed by atoms with E-state index in [1.54, 1.807) is 0 Å². The van der Waals surface area contributed by atoms with E-state index in [9.17, 15) is 4.21 Å². The van der Waals surface area contributed by atoms with Gasteiger partial charge >= 0.3 is 0 Å². The van der Waals surface area contributed by atoms with Crippen LogP contribution in [-0.4, -0.2) is 32.9 Å². The number of nitrogens with two attached hydrogens (primary N) is 1. The molecule has 14 heavy (non-hydrogen) atoms. The lowest BCUT2D eigenvalue weighted by Crippen LogP contribution is -2.40. The monoisotopic (exact) mass is 216 g/mol. The molecule has 2 fully saturated rings. The number of rotatable bonds is 3. The molecule has 1 saturated heterocycles. The van der Waals surface area contributed by atoms with Crippen LogP contribution in [0.3, 0.4) is 0 Å². The Kier molecular flexibility index (Phi) is 3.57. The van der Waals surface area contributed by atoms with Crippen LogP contribution < -0.4 is 5.73 Å². The first-order valence-electron chi connectivity index (χ1n) is 5.70. The predicted octanol–water partition coefficient (Wildman–Crippen LogP) is 1.02. The van der Waals surface area contributed by atoms with Crippen molar-refractivity contribution in [1.29, 1.82) is 0 Å². The summed E-state index contributed by atoms with van der Waals surface area (Å²) in [7, 11) is -0.747. The Hall–Kier alpha value is 0.0700. The molecule has 82 valence electrons. The van der Waals surface area contributed by atoms with Gasteiger partial charge in [-0.3, -0.25) is 0 Å². The van der Waals surface area contributed by atoms with Crippen LogP contribution in [0.5, 0.6) is 0 Å². The normalized spacial score (nSPS) is 32.5. The lowest BCUT2D eigenvalue weighted by Gasteiger charge is -2.24. The number of nitrogens with zero attached hydrogens (tertiary/aromatic N) is 1. The van der Waals surface area contributed by atoms with Gasteiger partial charge in [0.1, 0.15) is 0 Å². The van der Waals surface area contributed by atoms with Gasteiger partial charge in [-0.1, -0.05) is 12.8 Å². The number of hydrogen-bond acceptors (Lipinski definition) is 2. The van der Waals surface area contributed by atoms with Crippen molar-refractivity contribution in [2.45, 2.75) is 49.8 Å². The van der Waals surface area contributed by atoms with Crippen LogP contribution in [0.25, 0.3) is 0 Å². The van der Waals surface area contributed by atoms with Gasteiger partial charge in [0.15, 0.2) is 0 Å². The summed E-state index contributed by atoms with van der Waals surface area (Å²) < 4.78 is 14.3. The van der Waals surface area contributed by atoms with Crippen LogP contribution in [0, 0.1) is 0 Å². The average molecular weight is 216 g/mol. The van der Waals surface area contributed by atoms with Gasteiger partial charge in [0.25, 0.3) is 0 Å². The van der Waals surface area contributed by atoms with E-state index in [0.29, 0.717) is 17.8 Å². The summed E-state index contributed by atoms with van der Waals surface area (Å²) in [5.74, 6) is 0. The van der Waals surface area contributed by atoms with Gasteiger partial charge in [-0.25, -0.2) is 8.51 Å². The summed E-state index contributed by atoms with van der Waals surface area (Å²) in [6, 6.07) is 0.386. The van der Waals surface area contributed by atoms with Crippen molar-refractivity contribution in [3.05, 3.63) is 0 Å². The van der Waals surface area contributed by atoms with Crippen molar-refractivity contribution >= 4 is 11.0 Å². The maximum Gasteiger partial charge on any atom is 0.0977 e. The molecule has 1 saturated carbocycles. The molecule has 0 aromatic carbocycles. The van der Waals surface area contributed by atoms with Gasteiger partial charge in [0, 0.05) is 24.4 Å². The van der Waals surface area contributed by atoms with Gasteiger partial charge in [-0.05, 0) is 25.7 Å². The Balaban J connectivity index is 1.95. The Morgan fingerprint density at radius 2 is 1.93 bits per heavy atom. The molecule has 4 heteroatoms. The molecule has 3 nitrogen and oxygen atoms in total. The highest BCUT2D eigenvalue weighted by atomic mass is 32.2. The van der Waals surface area contributed by atoms with E-state index < -0.39 is 11.0 Å². The van der Waals surface area contributed by atoms with Crippen molar-refractivity contribution in [1.82, 2.24) is 4.31 Å². The molecule has 0 spiro atoms. The summed E-state index contributed by atoms with van der Waals surface area (Å²) in [5, 5.41) is 0.433. The molecule has 0 aromatic rings. The Bertz CT molecular complexity index is 216. The largest absolute Gasteiger partial charge is 0.329 e. The van der Waals surface area contributed by atoms with E-state index in [-0.39, 0.29) is 0 Å². The SMILES string of the molecule is NCC1CCCN1S(=O)C1CCCC1. The van der Waals surface area contributed by atoms with Crippen LogP contribution in [0.4, 0.5) is 0 Å². The highest BCUT2D eigenvalue weighted by Crippen LogP contribution is 2.28. The van der Waals surface area contributed by atoms with Gasteiger partial charge < -0.3 is 5.73 Å². The van der Waals surface area contributed by atoms with Crippen molar-refractivity contribution < 1.29 is 4.21 Å². The molecule has 1 heterocycles. The fourth-order valence-corrected chi connectivity index (χ4v) is 4.48. The zero-order chi connectivity index (χ0) is 9.97. The molecular formula is C10H20N2OS. The third-order valence-electron chi connectivity index (χ3n) is 3.41. The number of hydrogen-bond donors (Lipinski definition) is 1. The molecule has 0 radical (unpaired) electrons. The van der Waals surface area contributed by atoms with E-state index in [4.69, 9.17) is 5.73 Å². The molecular weight excluding hydrogens is 196 g/mol. The second-order valence-electron chi connectivity index (χ2n) is 4.36. The maximum absolute atomic E-state index is 12.2. The molecule has 1 aliphatic heterocycles. The van der Waals surface area contributed by atoms with E-state index in [1.807, 2.05) is 0 Å². The Labute approximate surface area is 88.6 Å². The van der Waals surface area contributed by atoms with Crippen molar-refractivity contribution in [2.24, 2.45) is 5.73 Å². The molecule has 1 aliphatic carbocycles. The fourth-order valence-electron chi connectivity index (χ4n) is 2.56. The van der Waals surface area contributed by atoms with Crippen LogP contribution >= 0.6 is 0 Å². The van der Waals surface area contributed by atoms with Crippen molar-refractivity contribution in [3.63, 3.8) is 0 Å². The molecule has 2 unspecified atom stereocenters. The topological polar surface area (TPSA) is 46.3 Å². The van der Waals surface area contributed by atoms with Gasteiger partial charge in [-0.2, -0.15) is 0 Å². The third-order valence-corrected chi connectivity index (χ3v) is 5.40. The van der Waals surface area contributed by atoms with Crippen LogP contribution in [-0.2, 0) is 11.0 Å². The Morgan fingerprint density at radius 3 is 2.57 bits per heavy atom. The predicted molar refractivity (Wildman–Crippen MR) is 59.2 cm³/mol. The van der Waals surface area contributed by atoms with Crippen molar-refractivity contribution in [3.8, 4) is 0 Å². The molecule has 2 rings (SSSR count). The summed E-state index contributed by atoms with van der Waals surface area (Å²) in [5.41, 5.74) is 5.68. The second kappa shape index (κ2) is 4.73. The molecule has 2 aliphatic rings. The highest BCUT2D eigenvalue weighted by Gasteiger charge is 2.33. The van der Waals surface area contributed by atoms with Gasteiger partial charge in [0.05, 0.1) is 11.0 Å². The van der Waals surface area contributed by atoms with Crippen molar-refractivity contribution in [2.75, 3.05) is 13.1 Å². The van der Waals surface area contributed by atoms with E-state index in [1.165, 1.54) is 19.3 Å². The third kappa shape index (κ3) is 2.02. The minimum absolute atomic E-state index is 0.386. The molecule has 2 atom stereocenters. The summed E-state index contributed by atoms with van der Waals surface area (Å²) >= 11 is 0. The lowest BCUT2D eigenvalue weighted by molar-refractivity contribution is 0.416. The first-order valence-corrected chi connectivity index (χ1v) is 6.87. The average Bonchev–Trinajstić information content (AvgIpc) is 2.87. The second-order valence-corrected chi connectivity index (χ2v) is 6.04. The summed E-state index contributed by atoms with van der Waals surface area (Å²) in [6.07, 6.45) is 7.13. The minimum Gasteiger partial charge on any atom is -0.329 e. The first kappa shape index (κ1) is 10.6. The first-order chi connectivity index (χ1) is 6.83. The van der Waals surface area contributed by atoms with E-state index in [0.717, 1.165) is 25.8 Å². The molecule has 0 aromatic heterocycles.